The number of nitro groups is 1. The van der Waals surface area contributed by atoms with Crippen LogP contribution in [0.5, 0.6) is 0 Å². The third kappa shape index (κ3) is 4.05. The number of nitrogens with zero attached hydrogens (tertiary/aromatic N) is 1. The molecule has 0 N–H and O–H groups in total. The van der Waals surface area contributed by atoms with Crippen LogP contribution in [0, 0.1) is 22.0 Å². The van der Waals surface area contributed by atoms with Crippen LogP contribution in [0.25, 0.3) is 0 Å². The summed E-state index contributed by atoms with van der Waals surface area (Å²) in [5, 5.41) is 10.6. The molecule has 0 bridgehead atoms. The number of nitro benzene ring substituents is 1. The summed E-state index contributed by atoms with van der Waals surface area (Å²) in [4.78, 5) is 33.8. The van der Waals surface area contributed by atoms with Crippen molar-refractivity contribution < 1.29 is 19.2 Å². The molecule has 0 unspecified atom stereocenters. The van der Waals surface area contributed by atoms with Gasteiger partial charge in [-0.05, 0) is 31.2 Å². The topological polar surface area (TPSA) is 86.5 Å². The minimum absolute atomic E-state index is 0.0292. The zero-order valence-corrected chi connectivity index (χ0v) is 12.8. The average Bonchev–Trinajstić information content (AvgIpc) is 2.60. The van der Waals surface area contributed by atoms with Crippen molar-refractivity contribution in [1.29, 1.82) is 0 Å². The van der Waals surface area contributed by atoms with Gasteiger partial charge in [0, 0.05) is 28.8 Å². The maximum atomic E-state index is 12.1. The van der Waals surface area contributed by atoms with E-state index in [1.807, 2.05) is 0 Å². The number of ether oxygens (including phenoxy) is 1. The fourth-order valence-electron chi connectivity index (χ4n) is 1.90. The van der Waals surface area contributed by atoms with Crippen molar-refractivity contribution in [2.75, 3.05) is 6.61 Å². The first-order valence-electron chi connectivity index (χ1n) is 7.10. The van der Waals surface area contributed by atoms with Crippen LogP contribution in [0.1, 0.15) is 28.4 Å². The summed E-state index contributed by atoms with van der Waals surface area (Å²) in [6.07, 6.45) is 0. The van der Waals surface area contributed by atoms with Crippen LogP contribution in [0.4, 0.5) is 5.69 Å². The molecule has 0 aliphatic rings. The molecule has 2 rings (SSSR count). The molecule has 0 fully saturated rings. The molecule has 2 aromatic rings. The predicted molar refractivity (Wildman–Crippen MR) is 86.5 cm³/mol. The molecule has 0 heterocycles. The molecule has 0 saturated carbocycles. The van der Waals surface area contributed by atoms with E-state index < -0.39 is 16.7 Å². The maximum absolute atomic E-state index is 12.1. The Morgan fingerprint density at radius 1 is 1.08 bits per heavy atom. The summed E-state index contributed by atoms with van der Waals surface area (Å²) in [6.45, 7) is 1.73. The first kappa shape index (κ1) is 16.9. The predicted octanol–water partition coefficient (Wildman–Crippen LogP) is 2.74. The SMILES string of the molecule is CCOC(=O)C(=O)c1ccccc1C#Cc1ccc([N+](=O)[O-])cc1. The number of esters is 1. The number of non-ortho nitro benzene ring substituents is 1. The lowest BCUT2D eigenvalue weighted by atomic mass is 10.0. The van der Waals surface area contributed by atoms with Crippen molar-refractivity contribution in [2.24, 2.45) is 0 Å². The minimum atomic E-state index is -0.929. The van der Waals surface area contributed by atoms with Crippen molar-refractivity contribution in [2.45, 2.75) is 6.92 Å². The van der Waals surface area contributed by atoms with Crippen LogP contribution in [0.3, 0.4) is 0 Å². The van der Waals surface area contributed by atoms with Gasteiger partial charge in [0.15, 0.2) is 0 Å². The lowest BCUT2D eigenvalue weighted by Gasteiger charge is -2.03. The lowest BCUT2D eigenvalue weighted by molar-refractivity contribution is -0.384. The summed E-state index contributed by atoms with van der Waals surface area (Å²) in [5.41, 5.74) is 1.07. The highest BCUT2D eigenvalue weighted by Gasteiger charge is 2.19. The Labute approximate surface area is 138 Å². The second-order valence-electron chi connectivity index (χ2n) is 4.65. The first-order valence-corrected chi connectivity index (χ1v) is 7.10. The van der Waals surface area contributed by atoms with E-state index in [1.54, 1.807) is 25.1 Å². The van der Waals surface area contributed by atoms with Crippen LogP contribution in [-0.4, -0.2) is 23.3 Å². The van der Waals surface area contributed by atoms with Crippen molar-refractivity contribution in [3.8, 4) is 11.8 Å². The van der Waals surface area contributed by atoms with Crippen LogP contribution in [0.15, 0.2) is 48.5 Å². The van der Waals surface area contributed by atoms with E-state index in [2.05, 4.69) is 11.8 Å². The van der Waals surface area contributed by atoms with Gasteiger partial charge in [0.1, 0.15) is 0 Å². The smallest absolute Gasteiger partial charge is 0.379 e. The molecule has 0 spiro atoms. The maximum Gasteiger partial charge on any atom is 0.379 e. The summed E-state index contributed by atoms with van der Waals surface area (Å²) in [7, 11) is 0. The highest BCUT2D eigenvalue weighted by molar-refractivity contribution is 6.41. The van der Waals surface area contributed by atoms with Gasteiger partial charge in [0.25, 0.3) is 11.5 Å². The van der Waals surface area contributed by atoms with Crippen molar-refractivity contribution >= 4 is 17.4 Å². The molecule has 0 aromatic heterocycles. The van der Waals surface area contributed by atoms with Crippen molar-refractivity contribution in [1.82, 2.24) is 0 Å². The normalized spacial score (nSPS) is 9.54. The number of carbonyl (C=O) groups is 2. The Hall–Kier alpha value is -3.46. The Bertz CT molecular complexity index is 844. The van der Waals surface area contributed by atoms with E-state index in [-0.39, 0.29) is 17.9 Å². The monoisotopic (exact) mass is 323 g/mol. The Morgan fingerprint density at radius 3 is 2.38 bits per heavy atom. The Balaban J connectivity index is 2.30. The van der Waals surface area contributed by atoms with Gasteiger partial charge in [-0.1, -0.05) is 24.0 Å². The molecule has 120 valence electrons. The van der Waals surface area contributed by atoms with Gasteiger partial charge in [-0.2, -0.15) is 0 Å². The van der Waals surface area contributed by atoms with Gasteiger partial charge >= 0.3 is 5.97 Å². The van der Waals surface area contributed by atoms with Gasteiger partial charge < -0.3 is 4.74 Å². The second kappa shape index (κ2) is 7.70. The molecule has 6 nitrogen and oxygen atoms in total. The molecule has 0 radical (unpaired) electrons. The zero-order chi connectivity index (χ0) is 17.5. The molecule has 6 heteroatoms. The fraction of sp³-hybridized carbons (Fsp3) is 0.111. The van der Waals surface area contributed by atoms with Crippen LogP contribution < -0.4 is 0 Å². The minimum Gasteiger partial charge on any atom is -0.460 e. The number of benzene rings is 2. The Morgan fingerprint density at radius 2 is 1.75 bits per heavy atom. The van der Waals surface area contributed by atoms with E-state index in [9.17, 15) is 19.7 Å². The lowest BCUT2D eigenvalue weighted by Crippen LogP contribution is -2.18. The molecule has 0 aliphatic heterocycles. The molecule has 0 saturated heterocycles. The largest absolute Gasteiger partial charge is 0.460 e. The fourth-order valence-corrected chi connectivity index (χ4v) is 1.90. The number of hydrogen-bond donors (Lipinski definition) is 0. The number of hydrogen-bond acceptors (Lipinski definition) is 5. The van der Waals surface area contributed by atoms with Crippen molar-refractivity contribution in [3.63, 3.8) is 0 Å². The van der Waals surface area contributed by atoms with Gasteiger partial charge in [-0.3, -0.25) is 14.9 Å². The van der Waals surface area contributed by atoms with E-state index in [1.165, 1.54) is 30.3 Å². The summed E-state index contributed by atoms with van der Waals surface area (Å²) >= 11 is 0. The number of ketones is 1. The molecular weight excluding hydrogens is 310 g/mol. The van der Waals surface area contributed by atoms with Crippen LogP contribution in [0.2, 0.25) is 0 Å². The molecule has 2 aromatic carbocycles. The van der Waals surface area contributed by atoms with E-state index in [4.69, 9.17) is 4.74 Å². The molecule has 0 atom stereocenters. The summed E-state index contributed by atoms with van der Waals surface area (Å²) < 4.78 is 4.71. The summed E-state index contributed by atoms with van der Waals surface area (Å²) in [5.74, 6) is 3.94. The van der Waals surface area contributed by atoms with Gasteiger partial charge in [-0.25, -0.2) is 4.79 Å². The highest BCUT2D eigenvalue weighted by Crippen LogP contribution is 2.12. The third-order valence-electron chi connectivity index (χ3n) is 3.05. The average molecular weight is 323 g/mol. The molecular formula is C18H13NO5. The van der Waals surface area contributed by atoms with Crippen molar-refractivity contribution in [3.05, 3.63) is 75.3 Å². The number of rotatable bonds is 4. The second-order valence-corrected chi connectivity index (χ2v) is 4.65. The highest BCUT2D eigenvalue weighted by atomic mass is 16.6. The number of Topliss-reactive ketones (excluding diaryl/α,β-unsaturated/α-hetero) is 1. The Kier molecular flexibility index (Phi) is 5.42. The molecule has 24 heavy (non-hydrogen) atoms. The van der Waals surface area contributed by atoms with Crippen LogP contribution in [-0.2, 0) is 9.53 Å². The zero-order valence-electron chi connectivity index (χ0n) is 12.8. The first-order chi connectivity index (χ1) is 11.5. The summed E-state index contributed by atoms with van der Waals surface area (Å²) in [6, 6.07) is 12.2. The molecule has 0 amide bonds. The quantitative estimate of drug-likeness (QED) is 0.216. The number of carbonyl (C=O) groups excluding carboxylic acids is 2. The van der Waals surface area contributed by atoms with Gasteiger partial charge in [0.05, 0.1) is 11.5 Å². The third-order valence-corrected chi connectivity index (χ3v) is 3.05. The van der Waals surface area contributed by atoms with Gasteiger partial charge in [-0.15, -0.1) is 0 Å². The van der Waals surface area contributed by atoms with Gasteiger partial charge in [0.2, 0.25) is 0 Å². The van der Waals surface area contributed by atoms with E-state index in [0.717, 1.165) is 0 Å². The van der Waals surface area contributed by atoms with E-state index in [0.29, 0.717) is 11.1 Å². The van der Waals surface area contributed by atoms with Crippen LogP contribution >= 0.6 is 0 Å². The molecule has 0 aliphatic carbocycles. The standard InChI is InChI=1S/C18H13NO5/c1-2-24-18(21)17(20)16-6-4-3-5-14(16)10-7-13-8-11-15(12-9-13)19(22)23/h3-6,8-9,11-12H,2H2,1H3. The van der Waals surface area contributed by atoms with E-state index >= 15 is 0 Å².